The van der Waals surface area contributed by atoms with Crippen molar-refractivity contribution in [3.05, 3.63) is 62.6 Å². The standard InChI is InChI=1S/C17H15ClN2O3/c1-9-5-15-11(6-12(9)18)14(8-22-15)19-7-10-3-2-4-13-16(10)23-17(21)20-13/h2-6,14,19H,7-8H2,1H3,(H,20,21). The van der Waals surface area contributed by atoms with Gasteiger partial charge in [-0.2, -0.15) is 0 Å². The van der Waals surface area contributed by atoms with Crippen LogP contribution in [0.3, 0.4) is 0 Å². The Hall–Kier alpha value is -2.24. The summed E-state index contributed by atoms with van der Waals surface area (Å²) in [6.45, 7) is 3.08. The molecule has 0 spiro atoms. The van der Waals surface area contributed by atoms with Crippen molar-refractivity contribution >= 4 is 22.7 Å². The van der Waals surface area contributed by atoms with Crippen molar-refractivity contribution in [2.75, 3.05) is 6.61 Å². The number of halogens is 1. The summed E-state index contributed by atoms with van der Waals surface area (Å²) < 4.78 is 10.9. The summed E-state index contributed by atoms with van der Waals surface area (Å²) in [6, 6.07) is 9.62. The van der Waals surface area contributed by atoms with Crippen molar-refractivity contribution in [2.24, 2.45) is 0 Å². The lowest BCUT2D eigenvalue weighted by Crippen LogP contribution is -2.22. The summed E-state index contributed by atoms with van der Waals surface area (Å²) >= 11 is 6.22. The number of benzene rings is 2. The van der Waals surface area contributed by atoms with E-state index in [2.05, 4.69) is 10.3 Å². The van der Waals surface area contributed by atoms with Crippen LogP contribution < -0.4 is 15.8 Å². The number of fused-ring (bicyclic) bond motifs is 2. The number of ether oxygens (including phenoxy) is 1. The normalized spacial score (nSPS) is 16.5. The van der Waals surface area contributed by atoms with E-state index in [9.17, 15) is 4.79 Å². The Balaban J connectivity index is 1.59. The molecule has 1 atom stereocenters. The van der Waals surface area contributed by atoms with Gasteiger partial charge in [0.1, 0.15) is 12.4 Å². The van der Waals surface area contributed by atoms with Crippen LogP contribution in [-0.2, 0) is 6.54 Å². The lowest BCUT2D eigenvalue weighted by Gasteiger charge is -2.12. The van der Waals surface area contributed by atoms with Crippen LogP contribution in [0.15, 0.2) is 39.5 Å². The molecule has 0 saturated heterocycles. The largest absolute Gasteiger partial charge is 0.491 e. The zero-order valence-electron chi connectivity index (χ0n) is 12.5. The van der Waals surface area contributed by atoms with E-state index in [-0.39, 0.29) is 6.04 Å². The lowest BCUT2D eigenvalue weighted by molar-refractivity contribution is 0.310. The molecule has 5 nitrogen and oxygen atoms in total. The third-order valence-electron chi connectivity index (χ3n) is 4.14. The van der Waals surface area contributed by atoms with Crippen LogP contribution >= 0.6 is 11.6 Å². The first-order valence-corrected chi connectivity index (χ1v) is 7.76. The average Bonchev–Trinajstić information content (AvgIpc) is 3.08. The number of aryl methyl sites for hydroxylation is 1. The second-order valence-electron chi connectivity index (χ2n) is 5.69. The molecule has 1 aliphatic heterocycles. The van der Waals surface area contributed by atoms with Gasteiger partial charge in [0.05, 0.1) is 11.6 Å². The highest BCUT2D eigenvalue weighted by Crippen LogP contribution is 2.36. The highest BCUT2D eigenvalue weighted by Gasteiger charge is 2.25. The topological polar surface area (TPSA) is 67.3 Å². The number of aromatic amines is 1. The van der Waals surface area contributed by atoms with E-state index in [4.69, 9.17) is 20.8 Å². The van der Waals surface area contributed by atoms with Gasteiger partial charge in [-0.15, -0.1) is 0 Å². The van der Waals surface area contributed by atoms with E-state index in [0.717, 1.165) is 27.5 Å². The van der Waals surface area contributed by atoms with Gasteiger partial charge in [-0.3, -0.25) is 4.98 Å². The number of H-pyrrole nitrogens is 1. The van der Waals surface area contributed by atoms with Crippen LogP contribution in [0.4, 0.5) is 0 Å². The fourth-order valence-corrected chi connectivity index (χ4v) is 3.08. The van der Waals surface area contributed by atoms with E-state index in [1.807, 2.05) is 37.3 Å². The monoisotopic (exact) mass is 330 g/mol. The van der Waals surface area contributed by atoms with Gasteiger partial charge in [-0.05, 0) is 30.7 Å². The van der Waals surface area contributed by atoms with Gasteiger partial charge in [-0.1, -0.05) is 23.7 Å². The summed E-state index contributed by atoms with van der Waals surface area (Å²) in [4.78, 5) is 14.0. The molecular weight excluding hydrogens is 316 g/mol. The summed E-state index contributed by atoms with van der Waals surface area (Å²) in [7, 11) is 0. The molecular formula is C17H15ClN2O3. The van der Waals surface area contributed by atoms with Crippen molar-refractivity contribution < 1.29 is 9.15 Å². The molecule has 0 saturated carbocycles. The maximum Gasteiger partial charge on any atom is 0.417 e. The molecule has 118 valence electrons. The first-order valence-electron chi connectivity index (χ1n) is 7.39. The number of oxazole rings is 1. The van der Waals surface area contributed by atoms with Gasteiger partial charge >= 0.3 is 5.76 Å². The third kappa shape index (κ3) is 2.52. The SMILES string of the molecule is Cc1cc2c(cc1Cl)C(NCc1cccc3[nH]c(=O)oc13)CO2. The van der Waals surface area contributed by atoms with Crippen LogP contribution in [0.1, 0.15) is 22.7 Å². The van der Waals surface area contributed by atoms with Crippen molar-refractivity contribution in [1.29, 1.82) is 0 Å². The molecule has 6 heteroatoms. The lowest BCUT2D eigenvalue weighted by atomic mass is 10.1. The summed E-state index contributed by atoms with van der Waals surface area (Å²) in [5.74, 6) is 0.431. The van der Waals surface area contributed by atoms with E-state index < -0.39 is 5.76 Å². The number of rotatable bonds is 3. The minimum atomic E-state index is -0.441. The smallest absolute Gasteiger partial charge is 0.417 e. The van der Waals surface area contributed by atoms with Crippen LogP contribution in [0.25, 0.3) is 11.1 Å². The van der Waals surface area contributed by atoms with E-state index >= 15 is 0 Å². The quantitative estimate of drug-likeness (QED) is 0.773. The highest BCUT2D eigenvalue weighted by atomic mass is 35.5. The molecule has 1 unspecified atom stereocenters. The molecule has 23 heavy (non-hydrogen) atoms. The van der Waals surface area contributed by atoms with Gasteiger partial charge in [-0.25, -0.2) is 4.79 Å². The molecule has 1 aromatic heterocycles. The van der Waals surface area contributed by atoms with Gasteiger partial charge < -0.3 is 14.5 Å². The van der Waals surface area contributed by atoms with Gasteiger partial charge in [0, 0.05) is 22.7 Å². The molecule has 0 fully saturated rings. The molecule has 4 rings (SSSR count). The molecule has 0 bridgehead atoms. The maximum absolute atomic E-state index is 11.4. The third-order valence-corrected chi connectivity index (χ3v) is 4.55. The molecule has 1 aliphatic rings. The van der Waals surface area contributed by atoms with E-state index in [1.54, 1.807) is 0 Å². The maximum atomic E-state index is 11.4. The van der Waals surface area contributed by atoms with Crippen LogP contribution in [-0.4, -0.2) is 11.6 Å². The second-order valence-corrected chi connectivity index (χ2v) is 6.10. The number of para-hydroxylation sites is 1. The van der Waals surface area contributed by atoms with Gasteiger partial charge in [0.2, 0.25) is 0 Å². The minimum absolute atomic E-state index is 0.0593. The molecule has 0 amide bonds. The number of aromatic nitrogens is 1. The molecule has 0 radical (unpaired) electrons. The van der Waals surface area contributed by atoms with Crippen LogP contribution in [0, 0.1) is 6.92 Å². The van der Waals surface area contributed by atoms with E-state index in [1.165, 1.54) is 0 Å². The Morgan fingerprint density at radius 3 is 3.13 bits per heavy atom. The molecule has 0 aliphatic carbocycles. The summed E-state index contributed by atoms with van der Waals surface area (Å²) in [6.07, 6.45) is 0. The summed E-state index contributed by atoms with van der Waals surface area (Å²) in [5.41, 5.74) is 4.28. The molecule has 3 aromatic rings. The predicted molar refractivity (Wildman–Crippen MR) is 88.1 cm³/mol. The van der Waals surface area contributed by atoms with Gasteiger partial charge in [0.25, 0.3) is 0 Å². The van der Waals surface area contributed by atoms with Crippen LogP contribution in [0.2, 0.25) is 5.02 Å². The number of hydrogen-bond acceptors (Lipinski definition) is 4. The Kier molecular flexibility index (Phi) is 3.39. The zero-order valence-corrected chi connectivity index (χ0v) is 13.2. The Bertz CT molecular complexity index is 945. The van der Waals surface area contributed by atoms with Crippen LogP contribution in [0.5, 0.6) is 5.75 Å². The highest BCUT2D eigenvalue weighted by molar-refractivity contribution is 6.31. The summed E-state index contributed by atoms with van der Waals surface area (Å²) in [5, 5.41) is 4.18. The number of hydrogen-bond donors (Lipinski definition) is 2. The Labute approximate surface area is 137 Å². The fourth-order valence-electron chi connectivity index (χ4n) is 2.90. The van der Waals surface area contributed by atoms with Crippen molar-refractivity contribution in [3.63, 3.8) is 0 Å². The number of nitrogens with one attached hydrogen (secondary N) is 2. The average molecular weight is 331 g/mol. The molecule has 2 heterocycles. The fraction of sp³-hybridized carbons (Fsp3) is 0.235. The Morgan fingerprint density at radius 2 is 2.26 bits per heavy atom. The van der Waals surface area contributed by atoms with Crippen molar-refractivity contribution in [1.82, 2.24) is 10.3 Å². The molecule has 2 N–H and O–H groups in total. The minimum Gasteiger partial charge on any atom is -0.491 e. The van der Waals surface area contributed by atoms with E-state index in [0.29, 0.717) is 24.3 Å². The van der Waals surface area contributed by atoms with Gasteiger partial charge in [0.15, 0.2) is 5.58 Å². The van der Waals surface area contributed by atoms with Crippen molar-refractivity contribution in [2.45, 2.75) is 19.5 Å². The second kappa shape index (κ2) is 5.44. The first kappa shape index (κ1) is 14.4. The van der Waals surface area contributed by atoms with Crippen molar-refractivity contribution in [3.8, 4) is 5.75 Å². The molecule has 2 aromatic carbocycles. The predicted octanol–water partition coefficient (Wildman–Crippen LogP) is 3.31. The Morgan fingerprint density at radius 1 is 1.39 bits per heavy atom. The first-order chi connectivity index (χ1) is 11.1. The zero-order chi connectivity index (χ0) is 16.0.